The Morgan fingerprint density at radius 1 is 1.12 bits per heavy atom. The molecule has 26 heavy (non-hydrogen) atoms. The van der Waals surface area contributed by atoms with Crippen LogP contribution < -0.4 is 20.1 Å². The largest absolute Gasteiger partial charge is 0.490 e. The lowest BCUT2D eigenvalue weighted by Crippen LogP contribution is -2.37. The maximum Gasteiger partial charge on any atom is 0.191 e. The molecule has 1 aromatic carbocycles. The lowest BCUT2D eigenvalue weighted by Gasteiger charge is -2.13. The molecule has 0 saturated heterocycles. The Balaban J connectivity index is 0.00000338. The SMILES string of the molecule is CCCCOCCCNC(=NC)NCc1ccc2c(c1)OCCCO2.I. The molecule has 0 aliphatic carbocycles. The number of hydrogen-bond acceptors (Lipinski definition) is 4. The van der Waals surface area contributed by atoms with E-state index in [1.165, 1.54) is 6.42 Å². The average Bonchev–Trinajstić information content (AvgIpc) is 2.88. The molecule has 2 N–H and O–H groups in total. The number of nitrogens with one attached hydrogen (secondary N) is 2. The van der Waals surface area contributed by atoms with Gasteiger partial charge in [-0.1, -0.05) is 19.4 Å². The summed E-state index contributed by atoms with van der Waals surface area (Å²) in [7, 11) is 1.78. The second-order valence-corrected chi connectivity index (χ2v) is 6.00. The van der Waals surface area contributed by atoms with Gasteiger partial charge in [0.1, 0.15) is 0 Å². The van der Waals surface area contributed by atoms with Gasteiger partial charge >= 0.3 is 0 Å². The van der Waals surface area contributed by atoms with Crippen LogP contribution in [-0.2, 0) is 11.3 Å². The fourth-order valence-corrected chi connectivity index (χ4v) is 2.45. The predicted molar refractivity (Wildman–Crippen MR) is 116 cm³/mol. The summed E-state index contributed by atoms with van der Waals surface area (Å²) < 4.78 is 16.9. The fourth-order valence-electron chi connectivity index (χ4n) is 2.45. The minimum atomic E-state index is 0. The highest BCUT2D eigenvalue weighted by Crippen LogP contribution is 2.30. The Labute approximate surface area is 174 Å². The second-order valence-electron chi connectivity index (χ2n) is 6.00. The Morgan fingerprint density at radius 3 is 2.65 bits per heavy atom. The molecular weight excluding hydrogens is 445 g/mol. The minimum Gasteiger partial charge on any atom is -0.490 e. The van der Waals surface area contributed by atoms with E-state index in [4.69, 9.17) is 14.2 Å². The van der Waals surface area contributed by atoms with Crippen molar-refractivity contribution >= 4 is 29.9 Å². The van der Waals surface area contributed by atoms with Crippen molar-refractivity contribution in [2.24, 2.45) is 4.99 Å². The zero-order chi connectivity index (χ0) is 17.7. The summed E-state index contributed by atoms with van der Waals surface area (Å²) >= 11 is 0. The average molecular weight is 477 g/mol. The number of halogens is 1. The summed E-state index contributed by atoms with van der Waals surface area (Å²) in [5.74, 6) is 2.44. The molecule has 0 aromatic heterocycles. The number of nitrogens with zero attached hydrogens (tertiary/aromatic N) is 1. The Kier molecular flexibility index (Phi) is 12.2. The third-order valence-electron chi connectivity index (χ3n) is 3.90. The highest BCUT2D eigenvalue weighted by atomic mass is 127. The highest BCUT2D eigenvalue weighted by molar-refractivity contribution is 14.0. The predicted octanol–water partition coefficient (Wildman–Crippen LogP) is 3.34. The fraction of sp³-hybridized carbons (Fsp3) is 0.632. The van der Waals surface area contributed by atoms with Crippen LogP contribution >= 0.6 is 24.0 Å². The number of ether oxygens (including phenoxy) is 3. The summed E-state index contributed by atoms with van der Waals surface area (Å²) in [6, 6.07) is 6.05. The van der Waals surface area contributed by atoms with Crippen LogP contribution in [0.1, 0.15) is 38.2 Å². The van der Waals surface area contributed by atoms with Crippen molar-refractivity contribution in [3.05, 3.63) is 23.8 Å². The van der Waals surface area contributed by atoms with Crippen molar-refractivity contribution in [1.29, 1.82) is 0 Å². The highest BCUT2D eigenvalue weighted by Gasteiger charge is 2.10. The first-order chi connectivity index (χ1) is 12.3. The lowest BCUT2D eigenvalue weighted by molar-refractivity contribution is 0.129. The van der Waals surface area contributed by atoms with Crippen LogP contribution in [0.15, 0.2) is 23.2 Å². The van der Waals surface area contributed by atoms with E-state index in [-0.39, 0.29) is 24.0 Å². The van der Waals surface area contributed by atoms with Crippen LogP contribution in [0.2, 0.25) is 0 Å². The molecule has 1 aromatic rings. The molecule has 1 heterocycles. The molecule has 0 atom stereocenters. The molecule has 1 aliphatic rings. The van der Waals surface area contributed by atoms with E-state index in [9.17, 15) is 0 Å². The number of hydrogen-bond donors (Lipinski definition) is 2. The van der Waals surface area contributed by atoms with Crippen molar-refractivity contribution in [2.45, 2.75) is 39.2 Å². The molecule has 1 aliphatic heterocycles. The Morgan fingerprint density at radius 2 is 1.88 bits per heavy atom. The van der Waals surface area contributed by atoms with E-state index in [0.717, 1.165) is 62.0 Å². The molecule has 2 rings (SSSR count). The van der Waals surface area contributed by atoms with Crippen LogP contribution in [0, 0.1) is 0 Å². The number of aliphatic imine (C=N–C) groups is 1. The molecule has 0 radical (unpaired) electrons. The van der Waals surface area contributed by atoms with Crippen LogP contribution in [0.5, 0.6) is 11.5 Å². The van der Waals surface area contributed by atoms with Gasteiger partial charge in [0.15, 0.2) is 17.5 Å². The molecule has 0 unspecified atom stereocenters. The molecule has 0 bridgehead atoms. The topological polar surface area (TPSA) is 64.1 Å². The van der Waals surface area contributed by atoms with E-state index < -0.39 is 0 Å². The van der Waals surface area contributed by atoms with Crippen molar-refractivity contribution in [1.82, 2.24) is 10.6 Å². The molecular formula is C19H32IN3O3. The normalized spacial score (nSPS) is 13.5. The van der Waals surface area contributed by atoms with Crippen LogP contribution in [0.4, 0.5) is 0 Å². The second kappa shape index (κ2) is 13.9. The summed E-state index contributed by atoms with van der Waals surface area (Å²) in [6.45, 7) is 6.75. The molecule has 0 fully saturated rings. The van der Waals surface area contributed by atoms with Crippen molar-refractivity contribution < 1.29 is 14.2 Å². The lowest BCUT2D eigenvalue weighted by atomic mass is 10.2. The maximum absolute atomic E-state index is 5.73. The zero-order valence-corrected chi connectivity index (χ0v) is 18.2. The van der Waals surface area contributed by atoms with Gasteiger partial charge in [-0.05, 0) is 30.5 Å². The number of guanidine groups is 1. The third kappa shape index (κ3) is 8.44. The molecule has 7 heteroatoms. The summed E-state index contributed by atoms with van der Waals surface area (Å²) in [4.78, 5) is 4.25. The van der Waals surface area contributed by atoms with Gasteiger partial charge in [0, 0.05) is 39.8 Å². The molecule has 148 valence electrons. The van der Waals surface area contributed by atoms with Crippen molar-refractivity contribution in [3.63, 3.8) is 0 Å². The molecule has 0 spiro atoms. The van der Waals surface area contributed by atoms with Crippen LogP contribution in [0.25, 0.3) is 0 Å². The zero-order valence-electron chi connectivity index (χ0n) is 15.9. The maximum atomic E-state index is 5.73. The van der Waals surface area contributed by atoms with Gasteiger partial charge in [-0.15, -0.1) is 24.0 Å². The van der Waals surface area contributed by atoms with Gasteiger partial charge in [-0.3, -0.25) is 4.99 Å². The monoisotopic (exact) mass is 477 g/mol. The summed E-state index contributed by atoms with van der Waals surface area (Å²) in [5, 5.41) is 6.63. The summed E-state index contributed by atoms with van der Waals surface area (Å²) in [6.07, 6.45) is 4.19. The van der Waals surface area contributed by atoms with Gasteiger partial charge in [0.25, 0.3) is 0 Å². The van der Waals surface area contributed by atoms with Crippen LogP contribution in [0.3, 0.4) is 0 Å². The standard InChI is InChI=1S/C19H31N3O3.HI/c1-3-4-10-23-11-5-9-21-19(20-2)22-15-16-7-8-17-18(14-16)25-13-6-12-24-17;/h7-8,14H,3-6,9-13,15H2,1-2H3,(H2,20,21,22);1H. The number of benzene rings is 1. The van der Waals surface area contributed by atoms with Crippen molar-refractivity contribution in [2.75, 3.05) is 40.0 Å². The van der Waals surface area contributed by atoms with Crippen molar-refractivity contribution in [3.8, 4) is 11.5 Å². The Bertz CT molecular complexity index is 541. The number of unbranched alkanes of at least 4 members (excludes halogenated alkanes) is 1. The minimum absolute atomic E-state index is 0. The summed E-state index contributed by atoms with van der Waals surface area (Å²) in [5.41, 5.74) is 1.13. The van der Waals surface area contributed by atoms with E-state index in [2.05, 4.69) is 28.6 Å². The number of rotatable bonds is 9. The first-order valence-electron chi connectivity index (χ1n) is 9.24. The first-order valence-corrected chi connectivity index (χ1v) is 9.24. The smallest absolute Gasteiger partial charge is 0.191 e. The van der Waals surface area contributed by atoms with Gasteiger partial charge in [-0.2, -0.15) is 0 Å². The van der Waals surface area contributed by atoms with Gasteiger partial charge < -0.3 is 24.8 Å². The molecule has 6 nitrogen and oxygen atoms in total. The van der Waals surface area contributed by atoms with E-state index in [0.29, 0.717) is 19.8 Å². The number of fused-ring (bicyclic) bond motifs is 1. The van der Waals surface area contributed by atoms with E-state index >= 15 is 0 Å². The molecule has 0 amide bonds. The third-order valence-corrected chi connectivity index (χ3v) is 3.90. The van der Waals surface area contributed by atoms with Gasteiger partial charge in [-0.25, -0.2) is 0 Å². The van der Waals surface area contributed by atoms with Crippen LogP contribution in [-0.4, -0.2) is 46.0 Å². The van der Waals surface area contributed by atoms with E-state index in [1.807, 2.05) is 12.1 Å². The first kappa shape index (κ1) is 22.8. The quantitative estimate of drug-likeness (QED) is 0.247. The Hall–Kier alpha value is -1.22. The van der Waals surface area contributed by atoms with Gasteiger partial charge in [0.2, 0.25) is 0 Å². The van der Waals surface area contributed by atoms with E-state index in [1.54, 1.807) is 7.05 Å². The molecule has 0 saturated carbocycles. The van der Waals surface area contributed by atoms with Gasteiger partial charge in [0.05, 0.1) is 13.2 Å².